The second kappa shape index (κ2) is 7.27. The first-order chi connectivity index (χ1) is 13.5. The number of nitrogens with one attached hydrogen (secondary N) is 1. The normalized spacial score (nSPS) is 16.4. The van der Waals surface area contributed by atoms with Crippen LogP contribution in [0, 0.1) is 0 Å². The number of hydrogen-bond donors (Lipinski definition) is 2. The Kier molecular flexibility index (Phi) is 4.80. The second-order valence-electron chi connectivity index (χ2n) is 7.09. The zero-order chi connectivity index (χ0) is 19.8. The molecular weight excluding hydrogens is 364 g/mol. The van der Waals surface area contributed by atoms with E-state index in [9.17, 15) is 13.6 Å². The second-order valence-corrected chi connectivity index (χ2v) is 7.09. The van der Waals surface area contributed by atoms with Crippen LogP contribution < -0.4 is 11.1 Å². The molecule has 1 aliphatic rings. The molecule has 28 heavy (non-hydrogen) atoms. The monoisotopic (exact) mass is 385 g/mol. The van der Waals surface area contributed by atoms with E-state index < -0.39 is 18.0 Å². The Labute approximate surface area is 160 Å². The van der Waals surface area contributed by atoms with Gasteiger partial charge >= 0.3 is 0 Å². The smallest absolute Gasteiger partial charge is 0.282 e. The maximum absolute atomic E-state index is 13.5. The molecule has 0 spiro atoms. The molecule has 3 aromatic rings. The molecular formula is C20H21F2N5O. The lowest BCUT2D eigenvalue weighted by Gasteiger charge is -2.25. The molecule has 0 saturated heterocycles. The molecule has 1 unspecified atom stereocenters. The van der Waals surface area contributed by atoms with Crippen molar-refractivity contribution in [3.05, 3.63) is 52.8 Å². The van der Waals surface area contributed by atoms with E-state index in [0.717, 1.165) is 24.8 Å². The third kappa shape index (κ3) is 3.24. The SMILES string of the molecule is Cn1ncc2nc(C(F)F)c(NC(=O)c3ccc4c(c3)C(CN)CCC4)cc21. The summed E-state index contributed by atoms with van der Waals surface area (Å²) in [5.74, 6) is -0.227. The Bertz CT molecular complexity index is 1050. The highest BCUT2D eigenvalue weighted by Crippen LogP contribution is 2.32. The highest BCUT2D eigenvalue weighted by molar-refractivity contribution is 6.05. The molecule has 0 bridgehead atoms. The van der Waals surface area contributed by atoms with Crippen molar-refractivity contribution in [1.82, 2.24) is 14.8 Å². The van der Waals surface area contributed by atoms with Crippen LogP contribution in [-0.4, -0.2) is 27.2 Å². The van der Waals surface area contributed by atoms with Gasteiger partial charge in [-0.3, -0.25) is 9.48 Å². The number of benzene rings is 1. The number of anilines is 1. The minimum atomic E-state index is -2.81. The van der Waals surface area contributed by atoms with E-state index in [4.69, 9.17) is 5.73 Å². The fourth-order valence-corrected chi connectivity index (χ4v) is 3.83. The number of aryl methyl sites for hydroxylation is 2. The van der Waals surface area contributed by atoms with Crippen molar-refractivity contribution in [2.24, 2.45) is 12.8 Å². The average molecular weight is 385 g/mol. The summed E-state index contributed by atoms with van der Waals surface area (Å²) < 4.78 is 28.5. The highest BCUT2D eigenvalue weighted by Gasteiger charge is 2.23. The predicted octanol–water partition coefficient (Wildman–Crippen LogP) is 3.54. The molecule has 0 saturated carbocycles. The number of rotatable bonds is 4. The number of pyridine rings is 1. The number of fused-ring (bicyclic) bond motifs is 2. The van der Waals surface area contributed by atoms with Gasteiger partial charge in [0, 0.05) is 12.6 Å². The van der Waals surface area contributed by atoms with Gasteiger partial charge < -0.3 is 11.1 Å². The van der Waals surface area contributed by atoms with Crippen LogP contribution in [0.1, 0.15) is 52.4 Å². The zero-order valence-corrected chi connectivity index (χ0v) is 15.5. The van der Waals surface area contributed by atoms with Crippen LogP contribution in [0.2, 0.25) is 0 Å². The van der Waals surface area contributed by atoms with Crippen LogP contribution >= 0.6 is 0 Å². The van der Waals surface area contributed by atoms with Gasteiger partial charge in [0.2, 0.25) is 0 Å². The molecule has 2 aromatic heterocycles. The van der Waals surface area contributed by atoms with E-state index in [-0.39, 0.29) is 11.6 Å². The van der Waals surface area contributed by atoms with Gasteiger partial charge in [0.15, 0.2) is 0 Å². The van der Waals surface area contributed by atoms with Gasteiger partial charge in [-0.1, -0.05) is 6.07 Å². The third-order valence-corrected chi connectivity index (χ3v) is 5.35. The Balaban J connectivity index is 1.69. The van der Waals surface area contributed by atoms with Gasteiger partial charge in [-0.15, -0.1) is 0 Å². The molecule has 146 valence electrons. The van der Waals surface area contributed by atoms with Crippen molar-refractivity contribution in [2.75, 3.05) is 11.9 Å². The van der Waals surface area contributed by atoms with Gasteiger partial charge in [-0.2, -0.15) is 5.10 Å². The van der Waals surface area contributed by atoms with Crippen LogP contribution in [0.25, 0.3) is 11.0 Å². The molecule has 1 aromatic carbocycles. The van der Waals surface area contributed by atoms with Crippen molar-refractivity contribution >= 4 is 22.6 Å². The number of amides is 1. The van der Waals surface area contributed by atoms with Crippen LogP contribution in [0.3, 0.4) is 0 Å². The number of hydrogen-bond acceptors (Lipinski definition) is 4. The average Bonchev–Trinajstić information content (AvgIpc) is 3.06. The van der Waals surface area contributed by atoms with E-state index in [0.29, 0.717) is 23.1 Å². The molecule has 8 heteroatoms. The summed E-state index contributed by atoms with van der Waals surface area (Å²) >= 11 is 0. The van der Waals surface area contributed by atoms with Crippen molar-refractivity contribution in [1.29, 1.82) is 0 Å². The van der Waals surface area contributed by atoms with Gasteiger partial charge in [-0.05, 0) is 61.1 Å². The van der Waals surface area contributed by atoms with Gasteiger partial charge in [0.05, 0.1) is 17.4 Å². The molecule has 3 N–H and O–H groups in total. The maximum Gasteiger partial charge on any atom is 0.282 e. The topological polar surface area (TPSA) is 85.8 Å². The number of nitrogens with two attached hydrogens (primary N) is 1. The quantitative estimate of drug-likeness (QED) is 0.719. The fourth-order valence-electron chi connectivity index (χ4n) is 3.83. The lowest BCUT2D eigenvalue weighted by atomic mass is 9.82. The van der Waals surface area contributed by atoms with Gasteiger partial charge in [0.1, 0.15) is 11.2 Å². The summed E-state index contributed by atoms with van der Waals surface area (Å²) in [6.07, 6.45) is 1.64. The molecule has 0 fully saturated rings. The minimum Gasteiger partial charge on any atom is -0.330 e. The van der Waals surface area contributed by atoms with Crippen LogP contribution in [0.4, 0.5) is 14.5 Å². The van der Waals surface area contributed by atoms with E-state index >= 15 is 0 Å². The first kappa shape index (κ1) is 18.5. The predicted molar refractivity (Wildman–Crippen MR) is 103 cm³/mol. The lowest BCUT2D eigenvalue weighted by molar-refractivity contribution is 0.102. The van der Waals surface area contributed by atoms with Crippen molar-refractivity contribution in [3.8, 4) is 0 Å². The number of carbonyl (C=O) groups excluding carboxylic acids is 1. The minimum absolute atomic E-state index is 0.0100. The Morgan fingerprint density at radius 1 is 1.39 bits per heavy atom. The van der Waals surface area contributed by atoms with E-state index in [1.165, 1.54) is 22.5 Å². The fraction of sp³-hybridized carbons (Fsp3) is 0.350. The Morgan fingerprint density at radius 3 is 2.96 bits per heavy atom. The summed E-state index contributed by atoms with van der Waals surface area (Å²) in [7, 11) is 1.69. The maximum atomic E-state index is 13.5. The zero-order valence-electron chi connectivity index (χ0n) is 15.5. The summed E-state index contributed by atoms with van der Waals surface area (Å²) in [6, 6.07) is 6.98. The van der Waals surface area contributed by atoms with Crippen molar-refractivity contribution in [3.63, 3.8) is 0 Å². The standard InChI is InChI=1S/C20H21F2N5O/c1-27-17-8-15(18(19(21)22)25-16(17)10-24-27)26-20(28)12-6-5-11-3-2-4-13(9-23)14(11)7-12/h5-8,10,13,19H,2-4,9,23H2,1H3,(H,26,28). The molecule has 1 atom stereocenters. The van der Waals surface area contributed by atoms with E-state index in [1.807, 2.05) is 12.1 Å². The molecule has 2 heterocycles. The van der Waals surface area contributed by atoms with Crippen LogP contribution in [0.15, 0.2) is 30.5 Å². The van der Waals surface area contributed by atoms with Crippen LogP contribution in [0.5, 0.6) is 0 Å². The van der Waals surface area contributed by atoms with Crippen LogP contribution in [-0.2, 0) is 13.5 Å². The number of carbonyl (C=O) groups is 1. The molecule has 0 aliphatic heterocycles. The van der Waals surface area contributed by atoms with Gasteiger partial charge in [-0.25, -0.2) is 13.8 Å². The number of alkyl halides is 2. The van der Waals surface area contributed by atoms with Gasteiger partial charge in [0.25, 0.3) is 12.3 Å². The molecule has 6 nitrogen and oxygen atoms in total. The number of nitrogens with zero attached hydrogens (tertiary/aromatic N) is 3. The van der Waals surface area contributed by atoms with E-state index in [2.05, 4.69) is 15.4 Å². The highest BCUT2D eigenvalue weighted by atomic mass is 19.3. The van der Waals surface area contributed by atoms with Crippen molar-refractivity contribution in [2.45, 2.75) is 31.6 Å². The molecule has 1 aliphatic carbocycles. The largest absolute Gasteiger partial charge is 0.330 e. The third-order valence-electron chi connectivity index (χ3n) is 5.35. The first-order valence-electron chi connectivity index (χ1n) is 9.23. The summed E-state index contributed by atoms with van der Waals surface area (Å²) in [4.78, 5) is 16.8. The Morgan fingerprint density at radius 2 is 2.21 bits per heavy atom. The van der Waals surface area contributed by atoms with Crippen molar-refractivity contribution < 1.29 is 13.6 Å². The number of halogens is 2. The Hall–Kier alpha value is -2.87. The molecule has 0 radical (unpaired) electrons. The molecule has 1 amide bonds. The lowest BCUT2D eigenvalue weighted by Crippen LogP contribution is -2.20. The van der Waals surface area contributed by atoms with E-state index in [1.54, 1.807) is 13.1 Å². The first-order valence-corrected chi connectivity index (χ1v) is 9.23. The molecule has 4 rings (SSSR count). The summed E-state index contributed by atoms with van der Waals surface area (Å²) in [6.45, 7) is 0.522. The number of aromatic nitrogens is 3. The summed E-state index contributed by atoms with van der Waals surface area (Å²) in [5, 5.41) is 6.63. The summed E-state index contributed by atoms with van der Waals surface area (Å²) in [5.41, 5.74) is 9.02.